The number of nitrogens with zero attached hydrogens (tertiary/aromatic N) is 3. The molecule has 3 aromatic carbocycles. The van der Waals surface area contributed by atoms with Crippen LogP contribution in [0.4, 0.5) is 0 Å². The van der Waals surface area contributed by atoms with Gasteiger partial charge in [-0.25, -0.2) is 9.99 Å². The molecular weight excluding hydrogens is 440 g/mol. The second-order valence-electron chi connectivity index (χ2n) is 7.39. The minimum absolute atomic E-state index is 0.107. The molecule has 1 aliphatic heterocycles. The summed E-state index contributed by atoms with van der Waals surface area (Å²) >= 11 is 3.55. The summed E-state index contributed by atoms with van der Waals surface area (Å²) in [5.41, 5.74) is 5.24. The average Bonchev–Trinajstić information content (AvgIpc) is 3.38. The van der Waals surface area contributed by atoms with Crippen molar-refractivity contribution in [2.75, 3.05) is 0 Å². The van der Waals surface area contributed by atoms with Crippen LogP contribution in [0.15, 0.2) is 82.4 Å². The van der Waals surface area contributed by atoms with E-state index in [0.29, 0.717) is 17.8 Å². The van der Waals surface area contributed by atoms with E-state index in [0.717, 1.165) is 32.3 Å². The number of fused-ring (bicyclic) bond motifs is 1. The minimum atomic E-state index is -0.196. The van der Waals surface area contributed by atoms with Gasteiger partial charge in [0.2, 0.25) is 0 Å². The summed E-state index contributed by atoms with van der Waals surface area (Å²) in [5, 5.41) is 6.35. The summed E-state index contributed by atoms with van der Waals surface area (Å²) in [6.07, 6.45) is 0.591. The quantitative estimate of drug-likeness (QED) is 0.432. The number of nitrogens with one attached hydrogen (secondary N) is 1. The van der Waals surface area contributed by atoms with Gasteiger partial charge in [-0.2, -0.15) is 5.10 Å². The molecule has 1 unspecified atom stereocenters. The molecule has 148 valence electrons. The lowest BCUT2D eigenvalue weighted by molar-refractivity contribution is 0.0710. The largest absolute Gasteiger partial charge is 0.337 e. The van der Waals surface area contributed by atoms with Crippen molar-refractivity contribution < 1.29 is 4.79 Å². The average molecular weight is 459 g/mol. The van der Waals surface area contributed by atoms with Gasteiger partial charge < -0.3 is 4.98 Å². The number of hydrogen-bond acceptors (Lipinski definition) is 3. The van der Waals surface area contributed by atoms with E-state index in [-0.39, 0.29) is 11.9 Å². The fourth-order valence-electron chi connectivity index (χ4n) is 3.84. The zero-order valence-corrected chi connectivity index (χ0v) is 17.9. The summed E-state index contributed by atoms with van der Waals surface area (Å²) in [7, 11) is 0. The lowest BCUT2D eigenvalue weighted by atomic mass is 10.0. The second kappa shape index (κ2) is 7.54. The molecule has 1 atom stereocenters. The Balaban J connectivity index is 1.58. The number of para-hydroxylation sites is 2. The van der Waals surface area contributed by atoms with Gasteiger partial charge in [0.1, 0.15) is 5.71 Å². The van der Waals surface area contributed by atoms with Crippen molar-refractivity contribution in [2.24, 2.45) is 5.10 Å². The molecular formula is C24H19BrN4O. The van der Waals surface area contributed by atoms with E-state index in [4.69, 9.17) is 10.1 Å². The van der Waals surface area contributed by atoms with E-state index >= 15 is 0 Å². The highest BCUT2D eigenvalue weighted by atomic mass is 79.9. The number of hydrazone groups is 1. The lowest BCUT2D eigenvalue weighted by Crippen LogP contribution is -2.27. The molecule has 1 N–H and O–H groups in total. The highest BCUT2D eigenvalue weighted by Crippen LogP contribution is 2.35. The van der Waals surface area contributed by atoms with Crippen LogP contribution in [-0.2, 0) is 0 Å². The Kier molecular flexibility index (Phi) is 4.71. The van der Waals surface area contributed by atoms with Gasteiger partial charge in [0, 0.05) is 16.5 Å². The first-order valence-electron chi connectivity index (χ1n) is 9.77. The molecule has 4 aromatic rings. The summed E-state index contributed by atoms with van der Waals surface area (Å²) in [5.74, 6) is 0.598. The van der Waals surface area contributed by atoms with Crippen molar-refractivity contribution in [1.29, 1.82) is 0 Å². The summed E-state index contributed by atoms with van der Waals surface area (Å²) in [4.78, 5) is 21.5. The predicted octanol–water partition coefficient (Wildman–Crippen LogP) is 5.63. The van der Waals surface area contributed by atoms with E-state index in [9.17, 15) is 4.79 Å². The number of aromatic nitrogens is 2. The number of imidazole rings is 1. The molecule has 5 nitrogen and oxygen atoms in total. The van der Waals surface area contributed by atoms with E-state index in [2.05, 4.69) is 20.9 Å². The van der Waals surface area contributed by atoms with Crippen molar-refractivity contribution >= 4 is 38.6 Å². The monoisotopic (exact) mass is 458 g/mol. The molecule has 0 saturated carbocycles. The molecule has 0 saturated heterocycles. The SMILES string of the molecule is Cc1ccccc1C(=O)N1N=C(c2nc3ccccc3[nH]2)CC1c1cccc(Br)c1. The van der Waals surface area contributed by atoms with Gasteiger partial charge >= 0.3 is 0 Å². The second-order valence-corrected chi connectivity index (χ2v) is 8.30. The Morgan fingerprint density at radius 2 is 1.87 bits per heavy atom. The maximum atomic E-state index is 13.5. The Hall–Kier alpha value is -3.25. The number of halogens is 1. The van der Waals surface area contributed by atoms with E-state index in [1.165, 1.54) is 0 Å². The van der Waals surface area contributed by atoms with Crippen LogP contribution in [0.5, 0.6) is 0 Å². The number of amides is 1. The van der Waals surface area contributed by atoms with Gasteiger partial charge in [-0.05, 0) is 48.4 Å². The smallest absolute Gasteiger partial charge is 0.274 e. The topological polar surface area (TPSA) is 61.4 Å². The third-order valence-corrected chi connectivity index (χ3v) is 5.88. The van der Waals surface area contributed by atoms with Crippen LogP contribution in [-0.4, -0.2) is 26.6 Å². The van der Waals surface area contributed by atoms with Crippen molar-refractivity contribution in [3.05, 3.63) is 99.8 Å². The summed E-state index contributed by atoms with van der Waals surface area (Å²) < 4.78 is 0.973. The van der Waals surface area contributed by atoms with Gasteiger partial charge in [0.25, 0.3) is 5.91 Å². The number of carbonyl (C=O) groups excluding carboxylic acids is 1. The van der Waals surface area contributed by atoms with Gasteiger partial charge in [0.05, 0.1) is 17.1 Å². The minimum Gasteiger partial charge on any atom is -0.337 e. The van der Waals surface area contributed by atoms with Crippen LogP contribution in [0, 0.1) is 6.92 Å². The highest BCUT2D eigenvalue weighted by Gasteiger charge is 2.35. The van der Waals surface area contributed by atoms with Crippen molar-refractivity contribution in [3.63, 3.8) is 0 Å². The van der Waals surface area contributed by atoms with Crippen LogP contribution in [0.1, 0.15) is 39.8 Å². The third-order valence-electron chi connectivity index (χ3n) is 5.39. The molecule has 0 fully saturated rings. The molecule has 5 rings (SSSR count). The van der Waals surface area contributed by atoms with Gasteiger partial charge in [-0.1, -0.05) is 58.4 Å². The number of benzene rings is 3. The molecule has 30 heavy (non-hydrogen) atoms. The van der Waals surface area contributed by atoms with Crippen molar-refractivity contribution in [2.45, 2.75) is 19.4 Å². The number of carbonyl (C=O) groups is 1. The van der Waals surface area contributed by atoms with Gasteiger partial charge in [0.15, 0.2) is 5.82 Å². The zero-order valence-electron chi connectivity index (χ0n) is 16.3. The Morgan fingerprint density at radius 1 is 1.07 bits per heavy atom. The molecule has 1 amide bonds. The summed E-state index contributed by atoms with van der Waals surface area (Å²) in [6.45, 7) is 1.95. The first-order chi connectivity index (χ1) is 14.6. The third kappa shape index (κ3) is 3.33. The molecule has 0 bridgehead atoms. The van der Waals surface area contributed by atoms with E-state index < -0.39 is 0 Å². The van der Waals surface area contributed by atoms with Crippen LogP contribution < -0.4 is 0 Å². The first kappa shape index (κ1) is 18.8. The molecule has 1 aliphatic rings. The Morgan fingerprint density at radius 3 is 2.67 bits per heavy atom. The number of H-pyrrole nitrogens is 1. The molecule has 6 heteroatoms. The predicted molar refractivity (Wildman–Crippen MR) is 121 cm³/mol. The lowest BCUT2D eigenvalue weighted by Gasteiger charge is -2.23. The Bertz CT molecular complexity index is 1260. The van der Waals surface area contributed by atoms with Gasteiger partial charge in [-0.15, -0.1) is 0 Å². The molecule has 0 radical (unpaired) electrons. The number of rotatable bonds is 3. The van der Waals surface area contributed by atoms with Crippen molar-refractivity contribution in [1.82, 2.24) is 15.0 Å². The first-order valence-corrected chi connectivity index (χ1v) is 10.6. The fourth-order valence-corrected chi connectivity index (χ4v) is 4.26. The number of hydrogen-bond donors (Lipinski definition) is 1. The Labute approximate surface area is 182 Å². The van der Waals surface area contributed by atoms with Crippen molar-refractivity contribution in [3.8, 4) is 0 Å². The van der Waals surface area contributed by atoms with Crippen LogP contribution in [0.3, 0.4) is 0 Å². The molecule has 1 aromatic heterocycles. The van der Waals surface area contributed by atoms with E-state index in [1.807, 2.05) is 79.7 Å². The zero-order chi connectivity index (χ0) is 20.7. The highest BCUT2D eigenvalue weighted by molar-refractivity contribution is 9.10. The van der Waals surface area contributed by atoms with Crippen LogP contribution >= 0.6 is 15.9 Å². The van der Waals surface area contributed by atoms with Crippen LogP contribution in [0.25, 0.3) is 11.0 Å². The molecule has 2 heterocycles. The fraction of sp³-hybridized carbons (Fsp3) is 0.125. The number of aryl methyl sites for hydroxylation is 1. The standard InChI is InChI=1S/C24H19BrN4O/c1-15-7-2-3-10-18(15)24(30)29-22(16-8-6-9-17(25)13-16)14-21(28-29)23-26-19-11-4-5-12-20(19)27-23/h2-13,22H,14H2,1H3,(H,26,27). The van der Waals surface area contributed by atoms with Gasteiger partial charge in [-0.3, -0.25) is 4.79 Å². The van der Waals surface area contributed by atoms with Crippen LogP contribution in [0.2, 0.25) is 0 Å². The maximum absolute atomic E-state index is 13.5. The summed E-state index contributed by atoms with van der Waals surface area (Å²) in [6, 6.07) is 23.3. The normalized spacial score (nSPS) is 16.1. The van der Waals surface area contributed by atoms with E-state index in [1.54, 1.807) is 5.01 Å². The maximum Gasteiger partial charge on any atom is 0.274 e. The molecule has 0 aliphatic carbocycles. The number of aromatic amines is 1. The molecule has 0 spiro atoms.